The van der Waals surface area contributed by atoms with Crippen molar-refractivity contribution in [2.75, 3.05) is 12.3 Å². The summed E-state index contributed by atoms with van der Waals surface area (Å²) in [5, 5.41) is 2.81. The van der Waals surface area contributed by atoms with Gasteiger partial charge in [0.15, 0.2) is 0 Å². The van der Waals surface area contributed by atoms with Crippen molar-refractivity contribution in [3.8, 4) is 0 Å². The molecule has 0 aliphatic rings. The molecule has 3 N–H and O–H groups in total. The molecule has 0 saturated heterocycles. The highest BCUT2D eigenvalue weighted by Crippen LogP contribution is 2.17. The lowest BCUT2D eigenvalue weighted by Gasteiger charge is -2.13. The topological polar surface area (TPSA) is 55.1 Å². The zero-order valence-corrected chi connectivity index (χ0v) is 11.2. The number of amides is 1. The second-order valence-electron chi connectivity index (χ2n) is 4.56. The van der Waals surface area contributed by atoms with Gasteiger partial charge >= 0.3 is 0 Å². The van der Waals surface area contributed by atoms with Crippen LogP contribution in [0.25, 0.3) is 0 Å². The molecule has 0 aliphatic heterocycles. The zero-order valence-electron chi connectivity index (χ0n) is 11.2. The van der Waals surface area contributed by atoms with Gasteiger partial charge in [0.2, 0.25) is 0 Å². The highest BCUT2D eigenvalue weighted by molar-refractivity contribution is 5.95. The molecule has 0 bridgehead atoms. The number of nitrogen functional groups attached to an aromatic ring is 1. The average Bonchev–Trinajstić information content (AvgIpc) is 2.36. The second-order valence-corrected chi connectivity index (χ2v) is 4.56. The Bertz CT molecular complexity index is 405. The van der Waals surface area contributed by atoms with Crippen LogP contribution < -0.4 is 11.1 Å². The Kier molecular flexibility index (Phi) is 5.13. The molecule has 0 heterocycles. The maximum Gasteiger partial charge on any atom is 0.251 e. The van der Waals surface area contributed by atoms with Gasteiger partial charge in [-0.3, -0.25) is 4.79 Å². The fourth-order valence-corrected chi connectivity index (χ4v) is 1.75. The molecular weight excluding hydrogens is 231 g/mol. The Morgan fingerprint density at radius 3 is 2.50 bits per heavy atom. The summed E-state index contributed by atoms with van der Waals surface area (Å²) < 4.78 is 13.5. The summed E-state index contributed by atoms with van der Waals surface area (Å²) in [6, 6.07) is 2.74. The highest BCUT2D eigenvalue weighted by Gasteiger charge is 2.12. The largest absolute Gasteiger partial charge is 0.398 e. The Balaban J connectivity index is 2.73. The molecule has 0 aromatic heterocycles. The molecule has 1 aromatic rings. The van der Waals surface area contributed by atoms with Crippen LogP contribution in [0.15, 0.2) is 12.1 Å². The van der Waals surface area contributed by atoms with Crippen LogP contribution in [0.1, 0.15) is 42.6 Å². The van der Waals surface area contributed by atoms with Crippen LogP contribution in [-0.2, 0) is 0 Å². The van der Waals surface area contributed by atoms with E-state index in [1.165, 1.54) is 12.1 Å². The Hall–Kier alpha value is -1.58. The van der Waals surface area contributed by atoms with E-state index in [2.05, 4.69) is 19.2 Å². The van der Waals surface area contributed by atoms with Gasteiger partial charge in [0.05, 0.1) is 0 Å². The molecule has 4 heteroatoms. The number of halogens is 1. The predicted octanol–water partition coefficient (Wildman–Crippen LogP) is 2.88. The van der Waals surface area contributed by atoms with Crippen LogP contribution in [0, 0.1) is 18.7 Å². The van der Waals surface area contributed by atoms with E-state index in [-0.39, 0.29) is 11.5 Å². The molecule has 18 heavy (non-hydrogen) atoms. The van der Waals surface area contributed by atoms with Crippen molar-refractivity contribution in [1.29, 1.82) is 0 Å². The quantitative estimate of drug-likeness (QED) is 0.792. The van der Waals surface area contributed by atoms with Crippen molar-refractivity contribution in [3.05, 3.63) is 29.1 Å². The summed E-state index contributed by atoms with van der Waals surface area (Å²) in [6.07, 6.45) is 2.03. The zero-order chi connectivity index (χ0) is 13.7. The van der Waals surface area contributed by atoms with E-state index in [0.29, 0.717) is 23.7 Å². The summed E-state index contributed by atoms with van der Waals surface area (Å²) in [7, 11) is 0. The highest BCUT2D eigenvalue weighted by atomic mass is 19.1. The van der Waals surface area contributed by atoms with Crippen LogP contribution in [0.3, 0.4) is 0 Å². The normalized spacial score (nSPS) is 10.7. The van der Waals surface area contributed by atoms with Crippen molar-refractivity contribution >= 4 is 11.6 Å². The average molecular weight is 252 g/mol. The van der Waals surface area contributed by atoms with Crippen molar-refractivity contribution in [3.63, 3.8) is 0 Å². The van der Waals surface area contributed by atoms with Gasteiger partial charge in [0, 0.05) is 23.4 Å². The lowest BCUT2D eigenvalue weighted by Crippen LogP contribution is -2.29. The molecule has 0 atom stereocenters. The smallest absolute Gasteiger partial charge is 0.251 e. The number of nitrogens with one attached hydrogen (secondary N) is 1. The SMILES string of the molecule is CCC(CC)CNC(=O)c1cc(N)c(C)c(F)c1. The maximum atomic E-state index is 13.5. The summed E-state index contributed by atoms with van der Waals surface area (Å²) in [5.74, 6) is -0.253. The fraction of sp³-hybridized carbons (Fsp3) is 0.500. The Morgan fingerprint density at radius 1 is 1.39 bits per heavy atom. The molecule has 0 aliphatic carbocycles. The van der Waals surface area contributed by atoms with Gasteiger partial charge < -0.3 is 11.1 Å². The molecule has 0 radical (unpaired) electrons. The Labute approximate surface area is 108 Å². The molecular formula is C14H21FN2O. The number of hydrogen-bond acceptors (Lipinski definition) is 2. The van der Waals surface area contributed by atoms with Gasteiger partial charge in [-0.05, 0) is 25.0 Å². The van der Waals surface area contributed by atoms with Crippen molar-refractivity contribution in [2.45, 2.75) is 33.6 Å². The molecule has 0 unspecified atom stereocenters. The maximum absolute atomic E-state index is 13.5. The first-order valence-corrected chi connectivity index (χ1v) is 6.33. The molecule has 1 aromatic carbocycles. The van der Waals surface area contributed by atoms with Crippen LogP contribution >= 0.6 is 0 Å². The first kappa shape index (κ1) is 14.5. The van der Waals surface area contributed by atoms with E-state index < -0.39 is 5.82 Å². The summed E-state index contributed by atoms with van der Waals surface area (Å²) in [4.78, 5) is 11.9. The first-order chi connectivity index (χ1) is 8.49. The molecule has 3 nitrogen and oxygen atoms in total. The van der Waals surface area contributed by atoms with E-state index in [1.807, 2.05) is 0 Å². The molecule has 1 rings (SSSR count). The number of benzene rings is 1. The van der Waals surface area contributed by atoms with Crippen LogP contribution in [0.4, 0.5) is 10.1 Å². The van der Waals surface area contributed by atoms with Gasteiger partial charge in [0.25, 0.3) is 5.91 Å². The van der Waals surface area contributed by atoms with Gasteiger partial charge in [-0.2, -0.15) is 0 Å². The van der Waals surface area contributed by atoms with Crippen molar-refractivity contribution in [1.82, 2.24) is 5.32 Å². The van der Waals surface area contributed by atoms with Gasteiger partial charge in [-0.15, -0.1) is 0 Å². The second kappa shape index (κ2) is 6.38. The molecule has 1 amide bonds. The molecule has 0 spiro atoms. The number of carbonyl (C=O) groups is 1. The van der Waals surface area contributed by atoms with E-state index in [4.69, 9.17) is 5.73 Å². The van der Waals surface area contributed by atoms with Gasteiger partial charge in [-0.25, -0.2) is 4.39 Å². The molecule has 0 fully saturated rings. The van der Waals surface area contributed by atoms with Gasteiger partial charge in [-0.1, -0.05) is 26.7 Å². The fourth-order valence-electron chi connectivity index (χ4n) is 1.75. The number of hydrogen-bond donors (Lipinski definition) is 2. The summed E-state index contributed by atoms with van der Waals surface area (Å²) in [5.41, 5.74) is 6.62. The number of anilines is 1. The monoisotopic (exact) mass is 252 g/mol. The molecule has 0 saturated carbocycles. The third-order valence-corrected chi connectivity index (χ3v) is 3.35. The van der Waals surface area contributed by atoms with E-state index in [0.717, 1.165) is 12.8 Å². The number of nitrogens with two attached hydrogens (primary N) is 1. The summed E-state index contributed by atoms with van der Waals surface area (Å²) >= 11 is 0. The van der Waals surface area contributed by atoms with E-state index in [1.54, 1.807) is 6.92 Å². The van der Waals surface area contributed by atoms with Crippen molar-refractivity contribution in [2.24, 2.45) is 5.92 Å². The van der Waals surface area contributed by atoms with Gasteiger partial charge in [0.1, 0.15) is 5.82 Å². The minimum absolute atomic E-state index is 0.271. The summed E-state index contributed by atoms with van der Waals surface area (Å²) in [6.45, 7) is 6.38. The number of rotatable bonds is 5. The lowest BCUT2D eigenvalue weighted by atomic mass is 10.0. The predicted molar refractivity (Wildman–Crippen MR) is 72.0 cm³/mol. The lowest BCUT2D eigenvalue weighted by molar-refractivity contribution is 0.0946. The van der Waals surface area contributed by atoms with Crippen LogP contribution in [-0.4, -0.2) is 12.5 Å². The third-order valence-electron chi connectivity index (χ3n) is 3.35. The first-order valence-electron chi connectivity index (χ1n) is 6.33. The van der Waals surface area contributed by atoms with Crippen LogP contribution in [0.5, 0.6) is 0 Å². The standard InChI is InChI=1S/C14H21FN2O/c1-4-10(5-2)8-17-14(18)11-6-12(15)9(3)13(16)7-11/h6-7,10H,4-5,8,16H2,1-3H3,(H,17,18). The van der Waals surface area contributed by atoms with E-state index >= 15 is 0 Å². The van der Waals surface area contributed by atoms with Crippen LogP contribution in [0.2, 0.25) is 0 Å². The van der Waals surface area contributed by atoms with E-state index in [9.17, 15) is 9.18 Å². The minimum atomic E-state index is -0.442. The third kappa shape index (κ3) is 3.45. The van der Waals surface area contributed by atoms with Crippen molar-refractivity contribution < 1.29 is 9.18 Å². The molecule has 100 valence electrons. The Morgan fingerprint density at radius 2 is 2.00 bits per heavy atom. The number of carbonyl (C=O) groups excluding carboxylic acids is 1. The minimum Gasteiger partial charge on any atom is -0.398 e.